The summed E-state index contributed by atoms with van der Waals surface area (Å²) >= 11 is 0. The van der Waals surface area contributed by atoms with Crippen molar-refractivity contribution in [3.8, 4) is 0 Å². The molecule has 2 unspecified atom stereocenters. The topological polar surface area (TPSA) is 95.9 Å². The molecule has 0 aromatic rings. The second-order valence-electron chi connectivity index (χ2n) is 18.6. The number of aliphatic hydroxyl groups excluding tert-OH is 2. The molecule has 61 heavy (non-hydrogen) atoms. The van der Waals surface area contributed by atoms with E-state index in [4.69, 9.17) is 4.74 Å². The maximum absolute atomic E-state index is 12.4. The number of rotatable bonds is 50. The third kappa shape index (κ3) is 47.7. The van der Waals surface area contributed by atoms with E-state index in [0.717, 1.165) is 77.0 Å². The van der Waals surface area contributed by atoms with Gasteiger partial charge in [-0.15, -0.1) is 0 Å². The summed E-state index contributed by atoms with van der Waals surface area (Å²) in [4.78, 5) is 24.5. The number of carbonyl (C=O) groups excluding carboxylic acids is 2. The Morgan fingerprint density at radius 1 is 0.459 bits per heavy atom. The van der Waals surface area contributed by atoms with Gasteiger partial charge >= 0.3 is 5.97 Å². The molecule has 360 valence electrons. The smallest absolute Gasteiger partial charge is 0.305 e. The minimum absolute atomic E-state index is 0.0172. The van der Waals surface area contributed by atoms with Crippen LogP contribution in [0.15, 0.2) is 24.3 Å². The molecule has 0 aliphatic rings. The number of carbonyl (C=O) groups is 2. The lowest BCUT2D eigenvalue weighted by Crippen LogP contribution is -2.45. The van der Waals surface area contributed by atoms with Crippen LogP contribution in [0.25, 0.3) is 0 Å². The lowest BCUT2D eigenvalue weighted by molar-refractivity contribution is -0.143. The Balaban J connectivity index is 3.46. The van der Waals surface area contributed by atoms with Crippen LogP contribution in [0.4, 0.5) is 0 Å². The van der Waals surface area contributed by atoms with Gasteiger partial charge in [-0.2, -0.15) is 0 Å². The average Bonchev–Trinajstić information content (AvgIpc) is 3.26. The number of hydrogen-bond donors (Lipinski definition) is 3. The highest BCUT2D eigenvalue weighted by atomic mass is 16.5. The lowest BCUT2D eigenvalue weighted by Gasteiger charge is -2.22. The number of hydrogen-bond acceptors (Lipinski definition) is 5. The molecule has 0 aliphatic carbocycles. The van der Waals surface area contributed by atoms with E-state index in [2.05, 4.69) is 43.5 Å². The van der Waals surface area contributed by atoms with Crippen LogP contribution < -0.4 is 5.32 Å². The van der Waals surface area contributed by atoms with Gasteiger partial charge in [-0.05, 0) is 57.8 Å². The first-order chi connectivity index (χ1) is 30.0. The Bertz CT molecular complexity index is 951. The number of nitrogens with one attached hydrogen (secondary N) is 1. The van der Waals surface area contributed by atoms with Gasteiger partial charge in [0.2, 0.25) is 5.91 Å². The van der Waals surface area contributed by atoms with Crippen LogP contribution in [0.2, 0.25) is 0 Å². The third-order valence-corrected chi connectivity index (χ3v) is 12.5. The standard InChI is InChI=1S/C55H105NO5/c1-3-5-7-9-11-13-15-16-17-18-19-20-23-26-29-33-37-41-45-49-55(60)61-50-46-42-38-34-30-27-24-21-22-25-28-32-36-40-44-48-54(59)56-52(51-57)53(58)47-43-39-35-31-14-12-10-8-6-4-2/h21,24,27,30,52-53,57-58H,3-20,22-23,25-26,28-29,31-51H2,1-2H3,(H,56,59)/b24-21-,30-27-. The van der Waals surface area contributed by atoms with Crippen molar-refractivity contribution in [2.75, 3.05) is 13.2 Å². The Morgan fingerprint density at radius 3 is 1.21 bits per heavy atom. The molecule has 0 saturated carbocycles. The minimum atomic E-state index is -0.676. The third-order valence-electron chi connectivity index (χ3n) is 12.5. The summed E-state index contributed by atoms with van der Waals surface area (Å²) in [6, 6.07) is -0.556. The Labute approximate surface area is 380 Å². The van der Waals surface area contributed by atoms with Gasteiger partial charge in [0.05, 0.1) is 25.4 Å². The molecule has 0 fully saturated rings. The van der Waals surface area contributed by atoms with Gasteiger partial charge in [-0.1, -0.05) is 244 Å². The van der Waals surface area contributed by atoms with E-state index < -0.39 is 12.1 Å². The zero-order valence-corrected chi connectivity index (χ0v) is 40.9. The van der Waals surface area contributed by atoms with Crippen LogP contribution in [0.3, 0.4) is 0 Å². The van der Waals surface area contributed by atoms with Crippen LogP contribution in [-0.4, -0.2) is 47.4 Å². The van der Waals surface area contributed by atoms with E-state index in [1.54, 1.807) is 0 Å². The summed E-state index contributed by atoms with van der Waals surface area (Å²) in [7, 11) is 0. The second kappa shape index (κ2) is 51.0. The summed E-state index contributed by atoms with van der Waals surface area (Å²) in [5.41, 5.74) is 0. The van der Waals surface area contributed by atoms with Crippen LogP contribution in [0.5, 0.6) is 0 Å². The van der Waals surface area contributed by atoms with Crippen molar-refractivity contribution in [2.45, 2.75) is 302 Å². The summed E-state index contributed by atoms with van der Waals surface area (Å²) in [5, 5.41) is 23.1. The summed E-state index contributed by atoms with van der Waals surface area (Å²) in [5.74, 6) is -0.0762. The van der Waals surface area contributed by atoms with E-state index in [1.165, 1.54) is 180 Å². The highest BCUT2D eigenvalue weighted by molar-refractivity contribution is 5.76. The van der Waals surface area contributed by atoms with Crippen molar-refractivity contribution in [3.63, 3.8) is 0 Å². The Morgan fingerprint density at radius 2 is 0.803 bits per heavy atom. The van der Waals surface area contributed by atoms with Crippen molar-refractivity contribution < 1.29 is 24.5 Å². The SMILES string of the molecule is CCCCCCCCCCCCCCCCCCCCCC(=O)OCCCCC/C=C\C=C/CCCCCCCCC(=O)NC(CO)C(O)CCCCCCCCCCCC. The van der Waals surface area contributed by atoms with E-state index >= 15 is 0 Å². The van der Waals surface area contributed by atoms with Crippen molar-refractivity contribution in [3.05, 3.63) is 24.3 Å². The van der Waals surface area contributed by atoms with Gasteiger partial charge in [-0.25, -0.2) is 0 Å². The van der Waals surface area contributed by atoms with Crippen molar-refractivity contribution in [1.29, 1.82) is 0 Å². The molecule has 0 saturated heterocycles. The minimum Gasteiger partial charge on any atom is -0.466 e. The van der Waals surface area contributed by atoms with Gasteiger partial charge in [0.25, 0.3) is 0 Å². The fourth-order valence-corrected chi connectivity index (χ4v) is 8.34. The first kappa shape index (κ1) is 59.3. The van der Waals surface area contributed by atoms with Crippen LogP contribution in [0.1, 0.15) is 290 Å². The molecule has 1 amide bonds. The lowest BCUT2D eigenvalue weighted by atomic mass is 10.0. The first-order valence-electron chi connectivity index (χ1n) is 27.1. The highest BCUT2D eigenvalue weighted by Gasteiger charge is 2.20. The fourth-order valence-electron chi connectivity index (χ4n) is 8.34. The van der Waals surface area contributed by atoms with E-state index in [9.17, 15) is 19.8 Å². The fraction of sp³-hybridized carbons (Fsp3) is 0.891. The van der Waals surface area contributed by atoms with Crippen molar-refractivity contribution in [2.24, 2.45) is 0 Å². The molecule has 0 radical (unpaired) electrons. The molecule has 0 aromatic heterocycles. The number of allylic oxidation sites excluding steroid dienone is 4. The molecule has 0 aliphatic heterocycles. The predicted octanol–water partition coefficient (Wildman–Crippen LogP) is 16.3. The Kier molecular flexibility index (Phi) is 49.6. The number of aliphatic hydroxyl groups is 2. The maximum Gasteiger partial charge on any atom is 0.305 e. The molecule has 0 bridgehead atoms. The first-order valence-corrected chi connectivity index (χ1v) is 27.1. The van der Waals surface area contributed by atoms with Crippen molar-refractivity contribution >= 4 is 11.9 Å². The van der Waals surface area contributed by atoms with E-state index in [-0.39, 0.29) is 18.5 Å². The molecule has 2 atom stereocenters. The normalized spacial score (nSPS) is 12.8. The van der Waals surface area contributed by atoms with Crippen LogP contribution >= 0.6 is 0 Å². The molecule has 6 nitrogen and oxygen atoms in total. The number of amides is 1. The zero-order chi connectivity index (χ0) is 44.4. The monoisotopic (exact) mass is 860 g/mol. The van der Waals surface area contributed by atoms with Gasteiger partial charge in [0, 0.05) is 12.8 Å². The number of esters is 1. The molecular weight excluding hydrogens is 755 g/mol. The molecule has 0 heterocycles. The van der Waals surface area contributed by atoms with E-state index in [1.807, 2.05) is 0 Å². The van der Waals surface area contributed by atoms with Crippen LogP contribution in [0, 0.1) is 0 Å². The average molecular weight is 860 g/mol. The summed E-state index contributed by atoms with van der Waals surface area (Å²) in [6.45, 7) is 4.89. The van der Waals surface area contributed by atoms with Gasteiger partial charge < -0.3 is 20.3 Å². The van der Waals surface area contributed by atoms with Gasteiger partial charge in [0.15, 0.2) is 0 Å². The molecule has 3 N–H and O–H groups in total. The Hall–Kier alpha value is -1.66. The molecular formula is C55H105NO5. The number of unbranched alkanes of at least 4 members (excludes halogenated alkanes) is 36. The summed E-state index contributed by atoms with van der Waals surface area (Å²) in [6.07, 6.45) is 60.2. The molecule has 0 spiro atoms. The van der Waals surface area contributed by atoms with Gasteiger partial charge in [-0.3, -0.25) is 9.59 Å². The number of ether oxygens (including phenoxy) is 1. The zero-order valence-electron chi connectivity index (χ0n) is 40.9. The second-order valence-corrected chi connectivity index (χ2v) is 18.6. The van der Waals surface area contributed by atoms with Crippen molar-refractivity contribution in [1.82, 2.24) is 5.32 Å². The predicted molar refractivity (Wildman–Crippen MR) is 264 cm³/mol. The molecule has 6 heteroatoms. The largest absolute Gasteiger partial charge is 0.466 e. The maximum atomic E-state index is 12.4. The molecule has 0 rings (SSSR count). The molecule has 0 aromatic carbocycles. The highest BCUT2D eigenvalue weighted by Crippen LogP contribution is 2.17. The van der Waals surface area contributed by atoms with Gasteiger partial charge in [0.1, 0.15) is 0 Å². The quantitative estimate of drug-likeness (QED) is 0.0322. The summed E-state index contributed by atoms with van der Waals surface area (Å²) < 4.78 is 5.46. The van der Waals surface area contributed by atoms with Crippen LogP contribution in [-0.2, 0) is 14.3 Å². The van der Waals surface area contributed by atoms with E-state index in [0.29, 0.717) is 25.9 Å².